The van der Waals surface area contributed by atoms with E-state index in [1.807, 2.05) is 63.4 Å². The molecule has 0 fully saturated rings. The number of nitrogens with zero attached hydrogens (tertiary/aromatic N) is 8. The molecule has 14 nitrogen and oxygen atoms in total. The lowest BCUT2D eigenvalue weighted by atomic mass is 9.85. The Morgan fingerprint density at radius 3 is 1.71 bits per heavy atom. The van der Waals surface area contributed by atoms with E-state index in [1.54, 1.807) is 78.5 Å². The van der Waals surface area contributed by atoms with Gasteiger partial charge in [0.05, 0.1) is 70.9 Å². The number of nitrogens with one attached hydrogen (secondary N) is 2. The highest BCUT2D eigenvalue weighted by Crippen LogP contribution is 2.29. The van der Waals surface area contributed by atoms with Crippen LogP contribution in [0, 0.1) is 34.5 Å². The Kier molecular flexibility index (Phi) is 20.2. The van der Waals surface area contributed by atoms with Gasteiger partial charge in [0.1, 0.15) is 0 Å². The maximum Gasteiger partial charge on any atom is 0.226 e. The van der Waals surface area contributed by atoms with E-state index < -0.39 is 18.1 Å². The van der Waals surface area contributed by atoms with E-state index in [-0.39, 0.29) is 67.9 Å². The number of aromatic nitrogens is 4. The van der Waals surface area contributed by atoms with Gasteiger partial charge in [0.2, 0.25) is 23.6 Å². The normalized spacial score (nSPS) is 13.1. The minimum absolute atomic E-state index is 0.00395. The fourth-order valence-electron chi connectivity index (χ4n) is 8.93. The topological polar surface area (TPSA) is 182 Å². The molecule has 0 aliphatic heterocycles. The van der Waals surface area contributed by atoms with Crippen LogP contribution in [-0.2, 0) is 58.2 Å². The van der Waals surface area contributed by atoms with Gasteiger partial charge in [-0.15, -0.1) is 0 Å². The highest BCUT2D eigenvalue weighted by molar-refractivity contribution is 6.42. The first kappa shape index (κ1) is 55.3. The number of carbonyl (C=O) groups is 4. The summed E-state index contributed by atoms with van der Waals surface area (Å²) in [4.78, 5) is 68.2. The highest BCUT2D eigenvalue weighted by atomic mass is 35.5. The van der Waals surface area contributed by atoms with E-state index in [4.69, 9.17) is 34.8 Å². The molecule has 17 heteroatoms. The standard InChI is InChI=1S/C56H61Cl3N10O4/c1-6-37(2)56(65-54(73)25-49-29-63-36-68(49)31-44-17-13-42(27-61)14-18-44)52(69(40(5)71)32-45-19-21-47(57)22-20-45)23-10-38(3)51(34-66(39(4)70)33-46-8-7-9-50(58)55(46)59)64-53(72)24-48-28-62-35-67(48)30-43-15-11-41(26-60)12-16-43/h7-9,11-22,28-29,35-38,51-52,56H,6,10,23-25,30-34H2,1-5H3,(H,64,72)(H,65,73). The summed E-state index contributed by atoms with van der Waals surface area (Å²) in [6.07, 6.45) is 8.28. The maximum atomic E-state index is 14.3. The summed E-state index contributed by atoms with van der Waals surface area (Å²) in [5, 5.41) is 26.5. The zero-order valence-electron chi connectivity index (χ0n) is 41.8. The first-order chi connectivity index (χ1) is 35.0. The number of amides is 4. The average molecular weight is 1040 g/mol. The van der Waals surface area contributed by atoms with Crippen LogP contribution < -0.4 is 10.6 Å². The van der Waals surface area contributed by atoms with Crippen molar-refractivity contribution in [1.29, 1.82) is 10.5 Å². The molecule has 2 N–H and O–H groups in total. The van der Waals surface area contributed by atoms with Crippen molar-refractivity contribution in [2.75, 3.05) is 6.54 Å². The first-order valence-corrected chi connectivity index (χ1v) is 25.4. The summed E-state index contributed by atoms with van der Waals surface area (Å²) in [6.45, 7) is 10.6. The van der Waals surface area contributed by atoms with Crippen molar-refractivity contribution in [2.24, 2.45) is 11.8 Å². The molecule has 0 radical (unpaired) electrons. The van der Waals surface area contributed by atoms with Crippen LogP contribution in [0.2, 0.25) is 15.1 Å². The smallest absolute Gasteiger partial charge is 0.226 e. The summed E-state index contributed by atoms with van der Waals surface area (Å²) >= 11 is 19.4. The lowest BCUT2D eigenvalue weighted by Gasteiger charge is -2.41. The third-order valence-corrected chi connectivity index (χ3v) is 14.5. The molecule has 2 heterocycles. The monoisotopic (exact) mass is 1040 g/mol. The number of imidazole rings is 2. The second kappa shape index (κ2) is 26.6. The van der Waals surface area contributed by atoms with Crippen LogP contribution in [0.1, 0.15) is 98.6 Å². The molecule has 4 amide bonds. The van der Waals surface area contributed by atoms with E-state index in [2.05, 4.69) is 46.6 Å². The highest BCUT2D eigenvalue weighted by Gasteiger charge is 2.35. The quantitative estimate of drug-likeness (QED) is 0.0601. The van der Waals surface area contributed by atoms with Crippen LogP contribution in [0.3, 0.4) is 0 Å². The number of nitriles is 2. The molecular formula is C56H61Cl3N10O4. The summed E-state index contributed by atoms with van der Waals surface area (Å²) in [6, 6.07) is 29.8. The molecule has 380 valence electrons. The molecule has 6 aromatic rings. The van der Waals surface area contributed by atoms with Crippen molar-refractivity contribution in [1.82, 2.24) is 39.5 Å². The number of hydrogen-bond acceptors (Lipinski definition) is 8. The Morgan fingerprint density at radius 2 is 1.21 bits per heavy atom. The van der Waals surface area contributed by atoms with Gasteiger partial charge in [-0.1, -0.05) is 111 Å². The molecule has 73 heavy (non-hydrogen) atoms. The second-order valence-corrected chi connectivity index (χ2v) is 19.9. The fourth-order valence-corrected chi connectivity index (χ4v) is 9.44. The van der Waals surface area contributed by atoms with E-state index in [1.165, 1.54) is 13.8 Å². The fraction of sp³-hybridized carbons (Fsp3) is 0.357. The van der Waals surface area contributed by atoms with Gasteiger partial charge in [-0.2, -0.15) is 10.5 Å². The molecule has 0 aliphatic carbocycles. The molecule has 2 aromatic heterocycles. The summed E-state index contributed by atoms with van der Waals surface area (Å²) < 4.78 is 3.79. The third-order valence-electron chi connectivity index (χ3n) is 13.4. The zero-order valence-corrected chi connectivity index (χ0v) is 44.0. The van der Waals surface area contributed by atoms with Crippen LogP contribution in [0.25, 0.3) is 0 Å². The molecule has 5 atom stereocenters. The Hall–Kier alpha value is -6.97. The molecule has 0 saturated heterocycles. The zero-order chi connectivity index (χ0) is 52.6. The second-order valence-electron chi connectivity index (χ2n) is 18.7. The molecule has 5 unspecified atom stereocenters. The first-order valence-electron chi connectivity index (χ1n) is 24.3. The van der Waals surface area contributed by atoms with Gasteiger partial charge in [0, 0.05) is 81.4 Å². The summed E-state index contributed by atoms with van der Waals surface area (Å²) in [5.41, 5.74) is 5.87. The van der Waals surface area contributed by atoms with Gasteiger partial charge < -0.3 is 29.6 Å². The minimum atomic E-state index is -0.583. The Labute approximate surface area is 442 Å². The molecule has 0 spiro atoms. The van der Waals surface area contributed by atoms with Crippen LogP contribution in [0.5, 0.6) is 0 Å². The Bertz CT molecular complexity index is 2910. The SMILES string of the molecule is CCC(C)C(NC(=O)Cc1cncn1Cc1ccc(C#N)cc1)C(CCC(C)C(CN(Cc1cccc(Cl)c1Cl)C(C)=O)NC(=O)Cc1cncn1Cc1ccc(C#N)cc1)N(Cc1ccc(Cl)cc1)C(C)=O. The van der Waals surface area contributed by atoms with Crippen LogP contribution in [0.15, 0.2) is 116 Å². The molecule has 6 rings (SSSR count). The van der Waals surface area contributed by atoms with Gasteiger partial charge in [0.15, 0.2) is 0 Å². The Morgan fingerprint density at radius 1 is 0.671 bits per heavy atom. The van der Waals surface area contributed by atoms with Gasteiger partial charge >= 0.3 is 0 Å². The number of hydrogen-bond donors (Lipinski definition) is 2. The summed E-state index contributed by atoms with van der Waals surface area (Å²) in [5.74, 6) is -1.29. The van der Waals surface area contributed by atoms with Gasteiger partial charge in [-0.25, -0.2) is 9.97 Å². The van der Waals surface area contributed by atoms with Gasteiger partial charge in [-0.05, 0) is 89.4 Å². The lowest BCUT2D eigenvalue weighted by Crippen LogP contribution is -2.56. The number of halogens is 3. The largest absolute Gasteiger partial charge is 0.351 e. The van der Waals surface area contributed by atoms with E-state index in [9.17, 15) is 29.7 Å². The molecular weight excluding hydrogens is 983 g/mol. The van der Waals surface area contributed by atoms with E-state index >= 15 is 0 Å². The van der Waals surface area contributed by atoms with Gasteiger partial charge in [0.25, 0.3) is 0 Å². The van der Waals surface area contributed by atoms with Gasteiger partial charge in [-0.3, -0.25) is 19.2 Å². The van der Waals surface area contributed by atoms with Crippen molar-refractivity contribution < 1.29 is 19.2 Å². The van der Waals surface area contributed by atoms with Crippen molar-refractivity contribution in [3.8, 4) is 12.1 Å². The number of benzene rings is 4. The van der Waals surface area contributed by atoms with Crippen LogP contribution in [-0.4, -0.2) is 77.2 Å². The molecule has 0 aliphatic rings. The van der Waals surface area contributed by atoms with Crippen molar-refractivity contribution in [3.05, 3.63) is 176 Å². The van der Waals surface area contributed by atoms with Crippen LogP contribution in [0.4, 0.5) is 0 Å². The predicted molar refractivity (Wildman–Crippen MR) is 283 cm³/mol. The average Bonchev–Trinajstić information content (AvgIpc) is 4.01. The van der Waals surface area contributed by atoms with Crippen molar-refractivity contribution in [2.45, 2.75) is 111 Å². The Balaban J connectivity index is 1.29. The maximum absolute atomic E-state index is 14.3. The molecule has 4 aromatic carbocycles. The number of carbonyl (C=O) groups excluding carboxylic acids is 4. The lowest BCUT2D eigenvalue weighted by molar-refractivity contribution is -0.134. The van der Waals surface area contributed by atoms with Crippen LogP contribution >= 0.6 is 34.8 Å². The minimum Gasteiger partial charge on any atom is -0.351 e. The van der Waals surface area contributed by atoms with Crippen molar-refractivity contribution in [3.63, 3.8) is 0 Å². The molecule has 0 saturated carbocycles. The summed E-state index contributed by atoms with van der Waals surface area (Å²) in [7, 11) is 0. The molecule has 0 bridgehead atoms. The third kappa shape index (κ3) is 15.8. The van der Waals surface area contributed by atoms with Crippen molar-refractivity contribution >= 4 is 58.4 Å². The number of rotatable bonds is 24. The van der Waals surface area contributed by atoms with E-state index in [0.29, 0.717) is 75.5 Å². The van der Waals surface area contributed by atoms with E-state index in [0.717, 1.165) is 16.7 Å². The predicted octanol–water partition coefficient (Wildman–Crippen LogP) is 9.56.